The van der Waals surface area contributed by atoms with Crippen molar-refractivity contribution < 1.29 is 4.39 Å². The molecule has 0 aliphatic carbocycles. The van der Waals surface area contributed by atoms with Crippen LogP contribution in [0.15, 0.2) is 24.3 Å². The number of rotatable bonds is 2. The Bertz CT molecular complexity index is 247. The van der Waals surface area contributed by atoms with Crippen LogP contribution in [0.2, 0.25) is 0 Å². The Balaban J connectivity index is 2.11. The summed E-state index contributed by atoms with van der Waals surface area (Å²) in [5, 5.41) is 0. The zero-order valence-electron chi connectivity index (χ0n) is 6.96. The molecule has 0 fully saturated rings. The summed E-state index contributed by atoms with van der Waals surface area (Å²) in [5.74, 6) is 0. The van der Waals surface area contributed by atoms with Crippen molar-refractivity contribution in [2.24, 2.45) is 0 Å². The van der Waals surface area contributed by atoms with Crippen molar-refractivity contribution in [3.05, 3.63) is 35.4 Å². The maximum atomic E-state index is 12.0. The van der Waals surface area contributed by atoms with E-state index in [1.807, 2.05) is 12.1 Å². The average Bonchev–Trinajstić information content (AvgIpc) is 2.47. The maximum absolute atomic E-state index is 12.0. The summed E-state index contributed by atoms with van der Waals surface area (Å²) < 4.78 is 12.0. The predicted molar refractivity (Wildman–Crippen MR) is 46.5 cm³/mol. The fraction of sp³-hybridized carbons (Fsp3) is 0.400. The molecule has 0 N–H and O–H groups in total. The zero-order valence-corrected chi connectivity index (χ0v) is 6.96. The molecule has 1 aliphatic heterocycles. The molecule has 2 rings (SSSR count). The van der Waals surface area contributed by atoms with Crippen LogP contribution in [0.5, 0.6) is 0 Å². The first kappa shape index (κ1) is 7.74. The first-order valence-electron chi connectivity index (χ1n) is 4.25. The molecule has 0 amide bonds. The molecule has 0 spiro atoms. The van der Waals surface area contributed by atoms with E-state index in [1.54, 1.807) is 0 Å². The van der Waals surface area contributed by atoms with Crippen molar-refractivity contribution in [1.82, 2.24) is 4.90 Å². The summed E-state index contributed by atoms with van der Waals surface area (Å²) >= 11 is 0. The molecule has 2 heteroatoms. The van der Waals surface area contributed by atoms with E-state index in [0.29, 0.717) is 6.54 Å². The van der Waals surface area contributed by atoms with Crippen LogP contribution in [-0.4, -0.2) is 18.1 Å². The highest BCUT2D eigenvalue weighted by Crippen LogP contribution is 2.21. The summed E-state index contributed by atoms with van der Waals surface area (Å²) in [7, 11) is 0. The minimum absolute atomic E-state index is 0.242. The third kappa shape index (κ3) is 1.34. The first-order chi connectivity index (χ1) is 5.90. The zero-order chi connectivity index (χ0) is 8.39. The summed E-state index contributed by atoms with van der Waals surface area (Å²) in [5.41, 5.74) is 2.71. The standard InChI is InChI=1S/C10H12FN/c11-5-6-12-7-9-3-1-2-4-10(9)8-12/h1-4H,5-8H2. The molecule has 0 saturated carbocycles. The number of benzene rings is 1. The summed E-state index contributed by atoms with van der Waals surface area (Å²) in [6.07, 6.45) is 0. The van der Waals surface area contributed by atoms with Gasteiger partial charge in [-0.3, -0.25) is 4.90 Å². The highest BCUT2D eigenvalue weighted by atomic mass is 19.1. The molecule has 0 atom stereocenters. The minimum atomic E-state index is -0.242. The molecular formula is C10H12FN. The van der Waals surface area contributed by atoms with Crippen LogP contribution in [0.1, 0.15) is 11.1 Å². The van der Waals surface area contributed by atoms with E-state index >= 15 is 0 Å². The second kappa shape index (κ2) is 3.23. The molecule has 1 aliphatic rings. The van der Waals surface area contributed by atoms with E-state index < -0.39 is 0 Å². The molecule has 1 aromatic carbocycles. The van der Waals surface area contributed by atoms with Crippen LogP contribution in [-0.2, 0) is 13.1 Å². The van der Waals surface area contributed by atoms with Gasteiger partial charge in [0.25, 0.3) is 0 Å². The van der Waals surface area contributed by atoms with Crippen LogP contribution in [0, 0.1) is 0 Å². The van der Waals surface area contributed by atoms with Gasteiger partial charge in [-0.15, -0.1) is 0 Å². The van der Waals surface area contributed by atoms with Crippen molar-refractivity contribution in [2.75, 3.05) is 13.2 Å². The lowest BCUT2D eigenvalue weighted by molar-refractivity contribution is 0.255. The summed E-state index contributed by atoms with van der Waals surface area (Å²) in [4.78, 5) is 2.13. The molecule has 1 heterocycles. The molecule has 0 radical (unpaired) electrons. The van der Waals surface area contributed by atoms with Gasteiger partial charge in [0.1, 0.15) is 6.67 Å². The summed E-state index contributed by atoms with van der Waals surface area (Å²) in [6, 6.07) is 8.32. The van der Waals surface area contributed by atoms with Crippen molar-refractivity contribution >= 4 is 0 Å². The van der Waals surface area contributed by atoms with E-state index in [0.717, 1.165) is 13.1 Å². The number of hydrogen-bond acceptors (Lipinski definition) is 1. The fourth-order valence-electron chi connectivity index (χ4n) is 1.68. The van der Waals surface area contributed by atoms with Crippen LogP contribution in [0.25, 0.3) is 0 Å². The topological polar surface area (TPSA) is 3.24 Å². The maximum Gasteiger partial charge on any atom is 0.102 e. The molecule has 0 bridgehead atoms. The Morgan fingerprint density at radius 1 is 1.17 bits per heavy atom. The molecule has 0 unspecified atom stereocenters. The number of nitrogens with zero attached hydrogens (tertiary/aromatic N) is 1. The molecule has 12 heavy (non-hydrogen) atoms. The molecule has 1 nitrogen and oxygen atoms in total. The van der Waals surface area contributed by atoms with Gasteiger partial charge in [0.2, 0.25) is 0 Å². The molecule has 1 aromatic rings. The van der Waals surface area contributed by atoms with Crippen LogP contribution in [0.4, 0.5) is 4.39 Å². The Labute approximate surface area is 71.8 Å². The van der Waals surface area contributed by atoms with Gasteiger partial charge in [-0.25, -0.2) is 4.39 Å². The van der Waals surface area contributed by atoms with Gasteiger partial charge in [0.15, 0.2) is 0 Å². The molecular weight excluding hydrogens is 153 g/mol. The van der Waals surface area contributed by atoms with Gasteiger partial charge in [0.05, 0.1) is 0 Å². The Hall–Kier alpha value is -0.890. The van der Waals surface area contributed by atoms with Crippen molar-refractivity contribution in [1.29, 1.82) is 0 Å². The predicted octanol–water partition coefficient (Wildman–Crippen LogP) is 1.97. The molecule has 64 valence electrons. The smallest absolute Gasteiger partial charge is 0.102 e. The average molecular weight is 165 g/mol. The second-order valence-corrected chi connectivity index (χ2v) is 3.17. The summed E-state index contributed by atoms with van der Waals surface area (Å²) in [6.45, 7) is 2.16. The van der Waals surface area contributed by atoms with Crippen LogP contribution in [0.3, 0.4) is 0 Å². The molecule has 0 aromatic heterocycles. The van der Waals surface area contributed by atoms with Gasteiger partial charge in [-0.05, 0) is 11.1 Å². The van der Waals surface area contributed by atoms with E-state index in [2.05, 4.69) is 17.0 Å². The van der Waals surface area contributed by atoms with Crippen LogP contribution < -0.4 is 0 Å². The number of fused-ring (bicyclic) bond motifs is 1. The Morgan fingerprint density at radius 2 is 1.75 bits per heavy atom. The number of alkyl halides is 1. The van der Waals surface area contributed by atoms with E-state index in [1.165, 1.54) is 11.1 Å². The third-order valence-corrected chi connectivity index (χ3v) is 2.31. The quantitative estimate of drug-likeness (QED) is 0.647. The normalized spacial score (nSPS) is 16.4. The van der Waals surface area contributed by atoms with E-state index in [4.69, 9.17) is 0 Å². The Morgan fingerprint density at radius 3 is 2.25 bits per heavy atom. The van der Waals surface area contributed by atoms with Crippen molar-refractivity contribution in [3.8, 4) is 0 Å². The fourth-order valence-corrected chi connectivity index (χ4v) is 1.68. The third-order valence-electron chi connectivity index (χ3n) is 2.31. The first-order valence-corrected chi connectivity index (χ1v) is 4.25. The number of hydrogen-bond donors (Lipinski definition) is 0. The van der Waals surface area contributed by atoms with Gasteiger partial charge in [0, 0.05) is 19.6 Å². The van der Waals surface area contributed by atoms with Gasteiger partial charge in [-0.2, -0.15) is 0 Å². The number of halogens is 1. The van der Waals surface area contributed by atoms with Gasteiger partial charge < -0.3 is 0 Å². The van der Waals surface area contributed by atoms with E-state index in [-0.39, 0.29) is 6.67 Å². The van der Waals surface area contributed by atoms with Gasteiger partial charge in [-0.1, -0.05) is 24.3 Å². The van der Waals surface area contributed by atoms with Gasteiger partial charge >= 0.3 is 0 Å². The largest absolute Gasteiger partial charge is 0.292 e. The second-order valence-electron chi connectivity index (χ2n) is 3.17. The Kier molecular flexibility index (Phi) is 2.09. The highest BCUT2D eigenvalue weighted by Gasteiger charge is 2.16. The SMILES string of the molecule is FCCN1Cc2ccccc2C1. The highest BCUT2D eigenvalue weighted by molar-refractivity contribution is 5.30. The van der Waals surface area contributed by atoms with E-state index in [9.17, 15) is 4.39 Å². The lowest BCUT2D eigenvalue weighted by Crippen LogP contribution is -2.18. The van der Waals surface area contributed by atoms with Crippen LogP contribution >= 0.6 is 0 Å². The van der Waals surface area contributed by atoms with Crippen molar-refractivity contribution in [3.63, 3.8) is 0 Å². The monoisotopic (exact) mass is 165 g/mol. The lowest BCUT2D eigenvalue weighted by Gasteiger charge is -2.10. The minimum Gasteiger partial charge on any atom is -0.292 e. The molecule has 0 saturated heterocycles. The van der Waals surface area contributed by atoms with Crippen molar-refractivity contribution in [2.45, 2.75) is 13.1 Å². The lowest BCUT2D eigenvalue weighted by atomic mass is 10.1.